The number of aryl methyl sites for hydroxylation is 2. The minimum absolute atomic E-state index is 0.0480. The molecule has 186 valence electrons. The van der Waals surface area contributed by atoms with Crippen LogP contribution in [0.5, 0.6) is 0 Å². The number of nitrogens with one attached hydrogen (secondary N) is 1. The Morgan fingerprint density at radius 1 is 1.00 bits per heavy atom. The lowest BCUT2D eigenvalue weighted by molar-refractivity contribution is 0.0594. The van der Waals surface area contributed by atoms with Gasteiger partial charge in [0.15, 0.2) is 17.1 Å². The Bertz CT molecular complexity index is 1740. The first-order valence-corrected chi connectivity index (χ1v) is 12.9. The molecule has 1 saturated heterocycles. The predicted molar refractivity (Wildman–Crippen MR) is 144 cm³/mol. The normalized spacial score (nSPS) is 13.5. The molecule has 5 aromatic rings. The SMILES string of the molecule is COC(=O)c1cc(=O)c2c(C)nc(-c3sc4nc(-c5ccccc5)nc(N5CCCC5)c4c3C)nc2[nH]1. The maximum Gasteiger partial charge on any atom is 0.354 e. The summed E-state index contributed by atoms with van der Waals surface area (Å²) in [5.41, 5.74) is 2.50. The minimum atomic E-state index is -0.631. The lowest BCUT2D eigenvalue weighted by Gasteiger charge is -2.18. The number of methoxy groups -OCH3 is 1. The molecule has 1 aromatic carbocycles. The zero-order valence-corrected chi connectivity index (χ0v) is 21.5. The van der Waals surface area contributed by atoms with Gasteiger partial charge in [-0.1, -0.05) is 30.3 Å². The molecule has 0 spiro atoms. The average Bonchev–Trinajstić information content (AvgIpc) is 3.56. The highest BCUT2D eigenvalue weighted by Gasteiger charge is 2.25. The van der Waals surface area contributed by atoms with Crippen LogP contribution in [-0.2, 0) is 4.74 Å². The fourth-order valence-corrected chi connectivity index (χ4v) is 5.96. The van der Waals surface area contributed by atoms with Gasteiger partial charge in [-0.2, -0.15) is 0 Å². The monoisotopic (exact) mass is 512 g/mol. The van der Waals surface area contributed by atoms with E-state index in [0.717, 1.165) is 58.0 Å². The molecule has 1 aliphatic heterocycles. The second-order valence-corrected chi connectivity index (χ2v) is 10.1. The van der Waals surface area contributed by atoms with Gasteiger partial charge in [-0.3, -0.25) is 4.79 Å². The van der Waals surface area contributed by atoms with Crippen molar-refractivity contribution < 1.29 is 9.53 Å². The molecule has 1 N–H and O–H groups in total. The molecule has 37 heavy (non-hydrogen) atoms. The molecule has 0 atom stereocenters. The Morgan fingerprint density at radius 2 is 1.76 bits per heavy atom. The highest BCUT2D eigenvalue weighted by atomic mass is 32.1. The van der Waals surface area contributed by atoms with Crippen LogP contribution in [0.3, 0.4) is 0 Å². The maximum atomic E-state index is 12.7. The number of nitrogens with zero attached hydrogens (tertiary/aromatic N) is 5. The number of H-pyrrole nitrogens is 1. The Balaban J connectivity index is 1.58. The molecular weight excluding hydrogens is 488 g/mol. The fourth-order valence-electron chi connectivity index (χ4n) is 4.85. The number of hydrogen-bond acceptors (Lipinski definition) is 9. The van der Waals surface area contributed by atoms with Crippen LogP contribution in [0.1, 0.15) is 34.6 Å². The Kier molecular flexibility index (Phi) is 5.68. The average molecular weight is 513 g/mol. The first-order valence-electron chi connectivity index (χ1n) is 12.1. The molecule has 0 radical (unpaired) electrons. The van der Waals surface area contributed by atoms with E-state index in [4.69, 9.17) is 19.7 Å². The van der Waals surface area contributed by atoms with E-state index in [1.54, 1.807) is 6.92 Å². The van der Waals surface area contributed by atoms with E-state index in [-0.39, 0.29) is 11.1 Å². The summed E-state index contributed by atoms with van der Waals surface area (Å²) in [5.74, 6) is 1.45. The summed E-state index contributed by atoms with van der Waals surface area (Å²) in [4.78, 5) is 51.1. The summed E-state index contributed by atoms with van der Waals surface area (Å²) in [6.07, 6.45) is 2.26. The van der Waals surface area contributed by atoms with Crippen LogP contribution in [-0.4, -0.2) is 51.1 Å². The van der Waals surface area contributed by atoms with Crippen LogP contribution >= 0.6 is 11.3 Å². The number of pyridine rings is 1. The van der Waals surface area contributed by atoms with Crippen molar-refractivity contribution in [3.63, 3.8) is 0 Å². The summed E-state index contributed by atoms with van der Waals surface area (Å²) in [7, 11) is 1.27. The molecular formula is C27H24N6O3S. The Hall–Kier alpha value is -4.18. The summed E-state index contributed by atoms with van der Waals surface area (Å²) in [6.45, 7) is 5.71. The van der Waals surface area contributed by atoms with Crippen molar-refractivity contribution in [2.24, 2.45) is 0 Å². The number of ether oxygens (including phenoxy) is 1. The van der Waals surface area contributed by atoms with Gasteiger partial charge < -0.3 is 14.6 Å². The van der Waals surface area contributed by atoms with Gasteiger partial charge in [0, 0.05) is 24.7 Å². The number of anilines is 1. The predicted octanol–water partition coefficient (Wildman–Crippen LogP) is 4.66. The number of aromatic nitrogens is 5. The van der Waals surface area contributed by atoms with Gasteiger partial charge in [-0.05, 0) is 32.3 Å². The van der Waals surface area contributed by atoms with Crippen LogP contribution in [0.25, 0.3) is 43.3 Å². The maximum absolute atomic E-state index is 12.7. The third-order valence-corrected chi connectivity index (χ3v) is 7.86. The zero-order valence-electron chi connectivity index (χ0n) is 20.7. The molecule has 9 nitrogen and oxygen atoms in total. The van der Waals surface area contributed by atoms with E-state index >= 15 is 0 Å². The van der Waals surface area contributed by atoms with Crippen LogP contribution in [0.4, 0.5) is 5.82 Å². The lowest BCUT2D eigenvalue weighted by Crippen LogP contribution is -2.20. The molecule has 5 heterocycles. The quantitative estimate of drug-likeness (QED) is 0.346. The largest absolute Gasteiger partial charge is 0.464 e. The number of thiophene rings is 1. The van der Waals surface area contributed by atoms with Gasteiger partial charge >= 0.3 is 5.97 Å². The molecule has 0 aliphatic carbocycles. The molecule has 0 unspecified atom stereocenters. The van der Waals surface area contributed by atoms with Crippen LogP contribution < -0.4 is 10.3 Å². The topological polar surface area (TPSA) is 114 Å². The lowest BCUT2D eigenvalue weighted by atomic mass is 10.1. The molecule has 1 aliphatic rings. The molecule has 4 aromatic heterocycles. The Labute approximate surface area is 216 Å². The number of esters is 1. The van der Waals surface area contributed by atoms with Gasteiger partial charge in [-0.15, -0.1) is 11.3 Å². The smallest absolute Gasteiger partial charge is 0.354 e. The van der Waals surface area contributed by atoms with Crippen LogP contribution in [0.2, 0.25) is 0 Å². The molecule has 0 amide bonds. The van der Waals surface area contributed by atoms with Crippen molar-refractivity contribution in [1.82, 2.24) is 24.9 Å². The molecule has 0 saturated carbocycles. The van der Waals surface area contributed by atoms with E-state index < -0.39 is 5.97 Å². The Morgan fingerprint density at radius 3 is 2.49 bits per heavy atom. The zero-order chi connectivity index (χ0) is 25.7. The first-order chi connectivity index (χ1) is 17.9. The number of aromatic amines is 1. The molecule has 0 bridgehead atoms. The second kappa shape index (κ2) is 9.04. The summed E-state index contributed by atoms with van der Waals surface area (Å²) in [5, 5.41) is 1.35. The third-order valence-electron chi connectivity index (χ3n) is 6.68. The van der Waals surface area contributed by atoms with E-state index in [9.17, 15) is 9.59 Å². The number of carbonyl (C=O) groups excluding carboxylic acids is 1. The molecule has 10 heteroatoms. The van der Waals surface area contributed by atoms with E-state index in [1.165, 1.54) is 24.5 Å². The molecule has 6 rings (SSSR count). The van der Waals surface area contributed by atoms with E-state index in [0.29, 0.717) is 28.4 Å². The van der Waals surface area contributed by atoms with Gasteiger partial charge in [0.2, 0.25) is 0 Å². The van der Waals surface area contributed by atoms with Crippen molar-refractivity contribution >= 4 is 44.4 Å². The van der Waals surface area contributed by atoms with Crippen molar-refractivity contribution in [2.45, 2.75) is 26.7 Å². The minimum Gasteiger partial charge on any atom is -0.464 e. The van der Waals surface area contributed by atoms with Gasteiger partial charge in [-0.25, -0.2) is 24.7 Å². The number of hydrogen-bond donors (Lipinski definition) is 1. The van der Waals surface area contributed by atoms with Crippen molar-refractivity contribution in [3.8, 4) is 22.1 Å². The summed E-state index contributed by atoms with van der Waals surface area (Å²) < 4.78 is 4.78. The van der Waals surface area contributed by atoms with Gasteiger partial charge in [0.1, 0.15) is 22.0 Å². The highest BCUT2D eigenvalue weighted by molar-refractivity contribution is 7.22. The number of rotatable bonds is 4. The van der Waals surface area contributed by atoms with Crippen molar-refractivity contribution in [3.05, 3.63) is 63.6 Å². The number of fused-ring (bicyclic) bond motifs is 2. The molecule has 1 fully saturated rings. The summed E-state index contributed by atoms with van der Waals surface area (Å²) >= 11 is 1.51. The van der Waals surface area contributed by atoms with Crippen molar-refractivity contribution in [2.75, 3.05) is 25.1 Å². The highest BCUT2D eigenvalue weighted by Crippen LogP contribution is 2.41. The summed E-state index contributed by atoms with van der Waals surface area (Å²) in [6, 6.07) is 11.2. The first kappa shape index (κ1) is 23.2. The van der Waals surface area contributed by atoms with Crippen LogP contribution in [0, 0.1) is 13.8 Å². The van der Waals surface area contributed by atoms with Crippen LogP contribution in [0.15, 0.2) is 41.2 Å². The van der Waals surface area contributed by atoms with Gasteiger partial charge in [0.05, 0.1) is 28.5 Å². The number of carbonyl (C=O) groups is 1. The second-order valence-electron chi connectivity index (χ2n) is 9.06. The standard InChI is InChI=1S/C27H24N6O3S/c1-14-19-25(33-11-7-8-12-33)31-22(16-9-5-4-6-10-16)32-26(19)37-21(14)24-28-15(2)20-18(34)13-17(27(35)36-3)29-23(20)30-24/h4-6,9-10,13H,7-8,11-12H2,1-3H3,(H,28,29,30,34). The van der Waals surface area contributed by atoms with E-state index in [2.05, 4.69) is 14.9 Å². The van der Waals surface area contributed by atoms with Gasteiger partial charge in [0.25, 0.3) is 0 Å². The van der Waals surface area contributed by atoms with Crippen molar-refractivity contribution in [1.29, 1.82) is 0 Å². The van der Waals surface area contributed by atoms with E-state index in [1.807, 2.05) is 37.3 Å². The fraction of sp³-hybridized carbons (Fsp3) is 0.259. The number of benzene rings is 1. The third kappa shape index (κ3) is 3.93.